The molecule has 1 aliphatic carbocycles. The Morgan fingerprint density at radius 2 is 2.00 bits per heavy atom. The predicted molar refractivity (Wildman–Crippen MR) is 89.0 cm³/mol. The van der Waals surface area contributed by atoms with Crippen LogP contribution in [0.2, 0.25) is 5.02 Å². The molecule has 110 valence electrons. The van der Waals surface area contributed by atoms with Crippen molar-refractivity contribution in [2.24, 2.45) is 5.84 Å². The fourth-order valence-corrected chi connectivity index (χ4v) is 2.53. The molecule has 0 spiro atoms. The molecule has 0 atom stereocenters. The lowest BCUT2D eigenvalue weighted by Gasteiger charge is -2.14. The average Bonchev–Trinajstić information content (AvgIpc) is 3.29. The Hall–Kier alpha value is -1.37. The maximum absolute atomic E-state index is 6.01. The van der Waals surface area contributed by atoms with Gasteiger partial charge in [-0.1, -0.05) is 11.6 Å². The van der Waals surface area contributed by atoms with Crippen molar-refractivity contribution in [3.05, 3.63) is 39.1 Å². The molecule has 1 aliphatic rings. The van der Waals surface area contributed by atoms with E-state index in [2.05, 4.69) is 36.6 Å². The number of nitrogens with one attached hydrogen (secondary N) is 2. The van der Waals surface area contributed by atoms with Crippen LogP contribution >= 0.6 is 27.5 Å². The van der Waals surface area contributed by atoms with Gasteiger partial charge in [-0.25, -0.2) is 15.8 Å². The summed E-state index contributed by atoms with van der Waals surface area (Å²) >= 11 is 9.43. The van der Waals surface area contributed by atoms with Gasteiger partial charge in [0.15, 0.2) is 0 Å². The fraction of sp³-hybridized carbons (Fsp3) is 0.286. The van der Waals surface area contributed by atoms with Gasteiger partial charge >= 0.3 is 0 Å². The van der Waals surface area contributed by atoms with Gasteiger partial charge < -0.3 is 10.7 Å². The van der Waals surface area contributed by atoms with E-state index in [-0.39, 0.29) is 0 Å². The minimum atomic E-state index is 0.454. The van der Waals surface area contributed by atoms with Crippen LogP contribution in [-0.2, 0) is 0 Å². The number of hydrazine groups is 1. The zero-order valence-corrected chi connectivity index (χ0v) is 13.8. The molecule has 1 fully saturated rings. The monoisotopic (exact) mass is 367 g/mol. The third-order valence-electron chi connectivity index (χ3n) is 3.42. The second-order valence-corrected chi connectivity index (χ2v) is 6.34. The molecule has 7 heteroatoms. The summed E-state index contributed by atoms with van der Waals surface area (Å²) in [6, 6.07) is 5.64. The largest absolute Gasteiger partial charge is 0.340 e. The number of nitrogens with two attached hydrogens (primary N) is 1. The first kappa shape index (κ1) is 14.6. The van der Waals surface area contributed by atoms with Gasteiger partial charge in [0.25, 0.3) is 0 Å². The van der Waals surface area contributed by atoms with E-state index in [9.17, 15) is 0 Å². The van der Waals surface area contributed by atoms with Gasteiger partial charge in [-0.2, -0.15) is 0 Å². The first-order valence-electron chi connectivity index (χ1n) is 6.65. The number of rotatable bonds is 4. The summed E-state index contributed by atoms with van der Waals surface area (Å²) in [5.74, 6) is 8.26. The Balaban J connectivity index is 1.96. The van der Waals surface area contributed by atoms with Crippen LogP contribution in [-0.4, -0.2) is 9.97 Å². The van der Waals surface area contributed by atoms with Gasteiger partial charge in [-0.3, -0.25) is 0 Å². The van der Waals surface area contributed by atoms with E-state index in [1.165, 1.54) is 0 Å². The maximum Gasteiger partial charge on any atom is 0.148 e. The third kappa shape index (κ3) is 3.12. The van der Waals surface area contributed by atoms with Gasteiger partial charge in [0.2, 0.25) is 0 Å². The molecule has 1 aromatic carbocycles. The Kier molecular flexibility index (Phi) is 4.01. The Labute approximate surface area is 136 Å². The predicted octanol–water partition coefficient (Wildman–Crippen LogP) is 4.11. The number of benzene rings is 1. The second kappa shape index (κ2) is 5.79. The molecular weight excluding hydrogens is 354 g/mol. The fourth-order valence-electron chi connectivity index (χ4n) is 2.03. The zero-order chi connectivity index (χ0) is 15.0. The maximum atomic E-state index is 6.01. The zero-order valence-electron chi connectivity index (χ0n) is 11.5. The van der Waals surface area contributed by atoms with Crippen LogP contribution in [0, 0.1) is 6.92 Å². The Morgan fingerprint density at radius 1 is 1.29 bits per heavy atom. The highest BCUT2D eigenvalue weighted by atomic mass is 79.9. The smallest absolute Gasteiger partial charge is 0.148 e. The van der Waals surface area contributed by atoms with Crippen molar-refractivity contribution in [3.8, 4) is 0 Å². The molecule has 21 heavy (non-hydrogen) atoms. The molecule has 0 saturated heterocycles. The van der Waals surface area contributed by atoms with E-state index in [0.29, 0.717) is 16.8 Å². The number of hydrogen-bond acceptors (Lipinski definition) is 5. The van der Waals surface area contributed by atoms with Gasteiger partial charge in [-0.15, -0.1) is 0 Å². The molecule has 5 nitrogen and oxygen atoms in total. The van der Waals surface area contributed by atoms with Crippen LogP contribution in [0.1, 0.15) is 30.1 Å². The molecule has 0 unspecified atom stereocenters. The summed E-state index contributed by atoms with van der Waals surface area (Å²) in [5, 5.41) is 3.97. The van der Waals surface area contributed by atoms with Crippen LogP contribution in [0.15, 0.2) is 22.7 Å². The Bertz CT molecular complexity index is 687. The van der Waals surface area contributed by atoms with Crippen molar-refractivity contribution in [3.63, 3.8) is 0 Å². The van der Waals surface area contributed by atoms with E-state index in [1.54, 1.807) is 0 Å². The number of hydrogen-bond donors (Lipinski definition) is 3. The standard InChI is InChI=1S/C14H15BrClN5/c1-7-12(18-9-4-5-11(16)10(15)6-9)19-14(8-2-3-8)20-13(7)21-17/h4-6,8H,2-3,17H2,1H3,(H2,18,19,20,21). The van der Waals surface area contributed by atoms with Gasteiger partial charge in [0.1, 0.15) is 17.5 Å². The molecular formula is C14H15BrClN5. The van der Waals surface area contributed by atoms with Gasteiger partial charge in [-0.05, 0) is 53.9 Å². The highest BCUT2D eigenvalue weighted by Gasteiger charge is 2.28. The summed E-state index contributed by atoms with van der Waals surface area (Å²) in [7, 11) is 0. The highest BCUT2D eigenvalue weighted by Crippen LogP contribution is 2.40. The van der Waals surface area contributed by atoms with Crippen LogP contribution in [0.5, 0.6) is 0 Å². The quantitative estimate of drug-likeness (QED) is 0.559. The lowest BCUT2D eigenvalue weighted by atomic mass is 10.2. The van der Waals surface area contributed by atoms with Crippen molar-refractivity contribution in [2.45, 2.75) is 25.7 Å². The molecule has 0 radical (unpaired) electrons. The minimum absolute atomic E-state index is 0.454. The van der Waals surface area contributed by atoms with Crippen molar-refractivity contribution >= 4 is 44.9 Å². The topological polar surface area (TPSA) is 75.9 Å². The van der Waals surface area contributed by atoms with E-state index in [0.717, 1.165) is 40.2 Å². The second-order valence-electron chi connectivity index (χ2n) is 5.08. The average molecular weight is 369 g/mol. The normalized spacial score (nSPS) is 14.1. The van der Waals surface area contributed by atoms with E-state index in [1.807, 2.05) is 25.1 Å². The molecule has 1 heterocycles. The van der Waals surface area contributed by atoms with Crippen LogP contribution < -0.4 is 16.6 Å². The SMILES string of the molecule is Cc1c(NN)nc(C2CC2)nc1Nc1ccc(Cl)c(Br)c1. The summed E-state index contributed by atoms with van der Waals surface area (Å²) in [6.45, 7) is 1.93. The Morgan fingerprint density at radius 3 is 2.62 bits per heavy atom. The first-order valence-corrected chi connectivity index (χ1v) is 7.83. The molecule has 0 aliphatic heterocycles. The first-order chi connectivity index (χ1) is 10.1. The summed E-state index contributed by atoms with van der Waals surface area (Å²) in [5.41, 5.74) is 4.43. The van der Waals surface area contributed by atoms with Gasteiger partial charge in [0.05, 0.1) is 5.02 Å². The van der Waals surface area contributed by atoms with E-state index < -0.39 is 0 Å². The molecule has 1 aromatic heterocycles. The lowest BCUT2D eigenvalue weighted by molar-refractivity contribution is 0.920. The number of nitrogen functional groups attached to an aromatic ring is 1. The summed E-state index contributed by atoms with van der Waals surface area (Å²) in [4.78, 5) is 9.09. The van der Waals surface area contributed by atoms with Crippen LogP contribution in [0.4, 0.5) is 17.3 Å². The number of nitrogens with zero attached hydrogens (tertiary/aromatic N) is 2. The highest BCUT2D eigenvalue weighted by molar-refractivity contribution is 9.10. The lowest BCUT2D eigenvalue weighted by Crippen LogP contribution is -2.13. The van der Waals surface area contributed by atoms with Crippen molar-refractivity contribution < 1.29 is 0 Å². The summed E-state index contributed by atoms with van der Waals surface area (Å²) in [6.07, 6.45) is 2.28. The molecule has 0 amide bonds. The van der Waals surface area contributed by atoms with Crippen molar-refractivity contribution in [1.29, 1.82) is 0 Å². The number of halogens is 2. The number of anilines is 3. The minimum Gasteiger partial charge on any atom is -0.340 e. The molecule has 3 rings (SSSR count). The van der Waals surface area contributed by atoms with E-state index in [4.69, 9.17) is 17.4 Å². The van der Waals surface area contributed by atoms with Gasteiger partial charge in [0, 0.05) is 21.6 Å². The molecule has 2 aromatic rings. The van der Waals surface area contributed by atoms with Crippen LogP contribution in [0.3, 0.4) is 0 Å². The van der Waals surface area contributed by atoms with E-state index >= 15 is 0 Å². The van der Waals surface area contributed by atoms with Crippen molar-refractivity contribution in [1.82, 2.24) is 9.97 Å². The summed E-state index contributed by atoms with van der Waals surface area (Å²) < 4.78 is 0.834. The number of aromatic nitrogens is 2. The van der Waals surface area contributed by atoms with Crippen LogP contribution in [0.25, 0.3) is 0 Å². The molecule has 1 saturated carbocycles. The third-order valence-corrected chi connectivity index (χ3v) is 4.64. The molecule has 4 N–H and O–H groups in total. The molecule has 0 bridgehead atoms. The van der Waals surface area contributed by atoms with Crippen molar-refractivity contribution in [2.75, 3.05) is 10.7 Å².